The molecule has 0 atom stereocenters. The van der Waals surface area contributed by atoms with Crippen LogP contribution in [-0.2, 0) is 11.3 Å². The van der Waals surface area contributed by atoms with E-state index in [-0.39, 0.29) is 24.0 Å². The van der Waals surface area contributed by atoms with Crippen LogP contribution in [0.5, 0.6) is 11.6 Å². The Morgan fingerprint density at radius 1 is 1.13 bits per heavy atom. The van der Waals surface area contributed by atoms with Crippen LogP contribution in [0, 0.1) is 13.8 Å². The normalized spacial score (nSPS) is 14.8. The van der Waals surface area contributed by atoms with Crippen molar-refractivity contribution in [1.29, 1.82) is 0 Å². The molecule has 1 N–H and O–H groups in total. The molecule has 0 radical (unpaired) electrons. The van der Waals surface area contributed by atoms with E-state index < -0.39 is 0 Å². The van der Waals surface area contributed by atoms with Gasteiger partial charge in [-0.15, -0.1) is 24.0 Å². The largest absolute Gasteiger partial charge is 0.439 e. The van der Waals surface area contributed by atoms with Crippen molar-refractivity contribution >= 4 is 29.9 Å². The number of rotatable bonds is 7. The molecule has 1 fully saturated rings. The molecular formula is C24H35IN4O2. The fourth-order valence-electron chi connectivity index (χ4n) is 3.56. The lowest BCUT2D eigenvalue weighted by atomic mass is 10.1. The number of aliphatic imine (C=N–C) groups is 1. The predicted molar refractivity (Wildman–Crippen MR) is 137 cm³/mol. The minimum absolute atomic E-state index is 0. The maximum absolute atomic E-state index is 5.96. The number of guanidine groups is 1. The average molecular weight is 538 g/mol. The Morgan fingerprint density at radius 3 is 2.58 bits per heavy atom. The van der Waals surface area contributed by atoms with Crippen molar-refractivity contribution in [1.82, 2.24) is 15.2 Å². The van der Waals surface area contributed by atoms with E-state index in [2.05, 4.69) is 49.0 Å². The Hall–Kier alpha value is -1.87. The first kappa shape index (κ1) is 25.4. The number of pyridine rings is 1. The van der Waals surface area contributed by atoms with Crippen LogP contribution in [0.25, 0.3) is 0 Å². The molecule has 1 aromatic heterocycles. The summed E-state index contributed by atoms with van der Waals surface area (Å²) in [5.74, 6) is 2.35. The summed E-state index contributed by atoms with van der Waals surface area (Å²) < 4.78 is 11.7. The molecule has 170 valence electrons. The third-order valence-electron chi connectivity index (χ3n) is 5.39. The molecule has 0 saturated carbocycles. The number of aryl methyl sites for hydroxylation is 2. The van der Waals surface area contributed by atoms with Crippen LogP contribution in [0.3, 0.4) is 0 Å². The summed E-state index contributed by atoms with van der Waals surface area (Å²) in [5, 5.41) is 3.42. The first-order valence-corrected chi connectivity index (χ1v) is 10.9. The zero-order chi connectivity index (χ0) is 21.3. The summed E-state index contributed by atoms with van der Waals surface area (Å²) in [7, 11) is 0. The van der Waals surface area contributed by atoms with Gasteiger partial charge >= 0.3 is 0 Å². The highest BCUT2D eigenvalue weighted by molar-refractivity contribution is 14.0. The van der Waals surface area contributed by atoms with Crippen molar-refractivity contribution in [3.05, 3.63) is 53.2 Å². The van der Waals surface area contributed by atoms with Crippen molar-refractivity contribution in [2.75, 3.05) is 26.2 Å². The van der Waals surface area contributed by atoms with E-state index in [0.29, 0.717) is 18.5 Å². The van der Waals surface area contributed by atoms with Gasteiger partial charge in [-0.25, -0.2) is 9.98 Å². The van der Waals surface area contributed by atoms with Crippen molar-refractivity contribution in [3.8, 4) is 11.6 Å². The van der Waals surface area contributed by atoms with Crippen molar-refractivity contribution in [2.24, 2.45) is 4.99 Å². The molecule has 2 aromatic rings. The second-order valence-corrected chi connectivity index (χ2v) is 7.66. The maximum atomic E-state index is 5.96. The molecule has 1 aliphatic heterocycles. The van der Waals surface area contributed by atoms with E-state index in [4.69, 9.17) is 14.5 Å². The van der Waals surface area contributed by atoms with Gasteiger partial charge in [-0.3, -0.25) is 0 Å². The van der Waals surface area contributed by atoms with Crippen LogP contribution in [0.15, 0.2) is 41.5 Å². The van der Waals surface area contributed by atoms with Crippen molar-refractivity contribution in [2.45, 2.75) is 53.2 Å². The van der Waals surface area contributed by atoms with Gasteiger partial charge in [-0.2, -0.15) is 0 Å². The van der Waals surface area contributed by atoms with Crippen LogP contribution in [0.1, 0.15) is 43.4 Å². The van der Waals surface area contributed by atoms with Gasteiger partial charge in [0, 0.05) is 38.5 Å². The van der Waals surface area contributed by atoms with Gasteiger partial charge in [0.2, 0.25) is 5.88 Å². The Bertz CT molecular complexity index is 851. The van der Waals surface area contributed by atoms with Gasteiger partial charge in [-0.1, -0.05) is 6.07 Å². The molecule has 0 amide bonds. The molecule has 2 heterocycles. The summed E-state index contributed by atoms with van der Waals surface area (Å²) in [6.45, 7) is 12.5. The minimum atomic E-state index is 0. The Labute approximate surface area is 203 Å². The van der Waals surface area contributed by atoms with Crippen LogP contribution in [-0.4, -0.2) is 48.2 Å². The first-order valence-electron chi connectivity index (χ1n) is 10.9. The third kappa shape index (κ3) is 7.64. The smallest absolute Gasteiger partial charge is 0.219 e. The van der Waals surface area contributed by atoms with Crippen LogP contribution in [0.2, 0.25) is 0 Å². The Kier molecular flexibility index (Phi) is 10.5. The first-order chi connectivity index (χ1) is 14.6. The van der Waals surface area contributed by atoms with E-state index in [9.17, 15) is 0 Å². The lowest BCUT2D eigenvalue weighted by molar-refractivity contribution is 0.0263. The molecule has 0 spiro atoms. The topological polar surface area (TPSA) is 59.0 Å². The van der Waals surface area contributed by atoms with Crippen molar-refractivity contribution < 1.29 is 9.47 Å². The van der Waals surface area contributed by atoms with E-state index >= 15 is 0 Å². The number of ether oxygens (including phenoxy) is 2. The predicted octanol–water partition coefficient (Wildman–Crippen LogP) is 5.08. The zero-order valence-corrected chi connectivity index (χ0v) is 21.4. The monoisotopic (exact) mass is 538 g/mol. The fourth-order valence-corrected chi connectivity index (χ4v) is 3.56. The lowest BCUT2D eigenvalue weighted by Gasteiger charge is -2.34. The molecule has 6 nitrogen and oxygen atoms in total. The summed E-state index contributed by atoms with van der Waals surface area (Å²) in [4.78, 5) is 11.5. The third-order valence-corrected chi connectivity index (χ3v) is 5.39. The quantitative estimate of drug-likeness (QED) is 0.303. The molecule has 0 aliphatic carbocycles. The van der Waals surface area contributed by atoms with Gasteiger partial charge in [0.05, 0.1) is 12.6 Å². The second kappa shape index (κ2) is 12.9. The van der Waals surface area contributed by atoms with Gasteiger partial charge in [0.15, 0.2) is 5.96 Å². The van der Waals surface area contributed by atoms with Gasteiger partial charge in [0.25, 0.3) is 0 Å². The van der Waals surface area contributed by atoms with Crippen LogP contribution >= 0.6 is 24.0 Å². The number of hydrogen-bond acceptors (Lipinski definition) is 4. The number of halogens is 1. The molecular weight excluding hydrogens is 503 g/mol. The number of aromatic nitrogens is 1. The molecule has 3 rings (SSSR count). The molecule has 1 aromatic carbocycles. The molecule has 1 saturated heterocycles. The molecule has 7 heteroatoms. The van der Waals surface area contributed by atoms with E-state index in [0.717, 1.165) is 56.4 Å². The molecule has 31 heavy (non-hydrogen) atoms. The van der Waals surface area contributed by atoms with E-state index in [1.54, 1.807) is 6.20 Å². The number of likely N-dealkylation sites (tertiary alicyclic amines) is 1. The number of nitrogens with one attached hydrogen (secondary N) is 1. The van der Waals surface area contributed by atoms with Crippen molar-refractivity contribution in [3.63, 3.8) is 0 Å². The van der Waals surface area contributed by atoms with Gasteiger partial charge in [-0.05, 0) is 75.4 Å². The van der Waals surface area contributed by atoms with Gasteiger partial charge in [0.1, 0.15) is 5.75 Å². The highest BCUT2D eigenvalue weighted by Gasteiger charge is 2.21. The number of hydrogen-bond donors (Lipinski definition) is 1. The summed E-state index contributed by atoms with van der Waals surface area (Å²) in [6.07, 6.45) is 4.24. The summed E-state index contributed by atoms with van der Waals surface area (Å²) in [6, 6.07) is 10.0. The number of benzene rings is 1. The fraction of sp³-hybridized carbons (Fsp3) is 0.500. The van der Waals surface area contributed by atoms with E-state index in [1.807, 2.05) is 24.3 Å². The Morgan fingerprint density at radius 2 is 1.90 bits per heavy atom. The number of nitrogens with zero attached hydrogens (tertiary/aromatic N) is 3. The summed E-state index contributed by atoms with van der Waals surface area (Å²) in [5.41, 5.74) is 3.53. The van der Waals surface area contributed by atoms with Crippen LogP contribution < -0.4 is 10.1 Å². The van der Waals surface area contributed by atoms with E-state index in [1.165, 1.54) is 11.1 Å². The average Bonchev–Trinajstić information content (AvgIpc) is 2.75. The highest BCUT2D eigenvalue weighted by Crippen LogP contribution is 2.23. The molecule has 0 bridgehead atoms. The molecule has 0 unspecified atom stereocenters. The van der Waals surface area contributed by atoms with Crippen LogP contribution in [0.4, 0.5) is 0 Å². The standard InChI is InChI=1S/C24H34N4O2.HI/c1-5-25-24(28-13-10-21(11-14-28)29-6-2)27-17-20-9-12-26-23(16-20)30-22-8-7-18(3)19(4)15-22;/h7-9,12,15-16,21H,5-6,10-11,13-14,17H2,1-4H3,(H,25,27);1H. The maximum Gasteiger partial charge on any atom is 0.219 e. The highest BCUT2D eigenvalue weighted by atomic mass is 127. The zero-order valence-electron chi connectivity index (χ0n) is 19.1. The SMILES string of the molecule is CCNC(=NCc1ccnc(Oc2ccc(C)c(C)c2)c1)N1CCC(OCC)CC1.I. The summed E-state index contributed by atoms with van der Waals surface area (Å²) >= 11 is 0. The molecule has 1 aliphatic rings. The minimum Gasteiger partial charge on any atom is -0.439 e. The number of piperidine rings is 1. The van der Waals surface area contributed by atoms with Gasteiger partial charge < -0.3 is 19.7 Å². The Balaban J connectivity index is 0.00000341. The second-order valence-electron chi connectivity index (χ2n) is 7.66. The lowest BCUT2D eigenvalue weighted by Crippen LogP contribution is -2.47.